The second-order valence-electron chi connectivity index (χ2n) is 3.12. The van der Waals surface area contributed by atoms with E-state index in [9.17, 15) is 0 Å². The Morgan fingerprint density at radius 3 is 2.09 bits per heavy atom. The van der Waals surface area contributed by atoms with E-state index < -0.39 is 0 Å². The Hall–Kier alpha value is -0.560. The summed E-state index contributed by atoms with van der Waals surface area (Å²) in [5, 5.41) is 0. The number of likely N-dealkylation sites (N-methyl/N-ethyl adjacent to an activating group) is 1. The maximum Gasteiger partial charge on any atom is 0.0162 e. The zero-order chi connectivity index (χ0) is 8.85. The van der Waals surface area contributed by atoms with Crippen molar-refractivity contribution in [3.05, 3.63) is 23.3 Å². The predicted molar refractivity (Wildman–Crippen MR) is 51.7 cm³/mol. The molecule has 0 aliphatic carbocycles. The van der Waals surface area contributed by atoms with Crippen molar-refractivity contribution in [1.82, 2.24) is 4.90 Å². The average Bonchev–Trinajstić information content (AvgIpc) is 1.98. The van der Waals surface area contributed by atoms with Crippen LogP contribution in [0, 0.1) is 0 Å². The fourth-order valence-electron chi connectivity index (χ4n) is 0.708. The Labute approximate surface area is 70.4 Å². The molecule has 0 spiro atoms. The van der Waals surface area contributed by atoms with Crippen molar-refractivity contribution in [2.75, 3.05) is 20.6 Å². The van der Waals surface area contributed by atoms with Crippen LogP contribution in [-0.4, -0.2) is 25.5 Å². The molecule has 1 nitrogen and oxygen atoms in total. The van der Waals surface area contributed by atoms with Crippen molar-refractivity contribution >= 4 is 0 Å². The normalized spacial score (nSPS) is 14.4. The molecule has 0 aliphatic heterocycles. The molecule has 0 aromatic heterocycles. The van der Waals surface area contributed by atoms with Crippen molar-refractivity contribution in [2.24, 2.45) is 0 Å². The van der Waals surface area contributed by atoms with Gasteiger partial charge in [0.15, 0.2) is 0 Å². The summed E-state index contributed by atoms with van der Waals surface area (Å²) in [6, 6.07) is 0. The van der Waals surface area contributed by atoms with Gasteiger partial charge in [0.1, 0.15) is 0 Å². The Morgan fingerprint density at radius 2 is 1.73 bits per heavy atom. The first-order chi connectivity index (χ1) is 5.07. The Balaban J connectivity index is 4.01. The molecule has 0 atom stereocenters. The standard InChI is InChI=1S/C10H19N/c1-6-9(2)10(3)7-8-11(4)5/h6-7H,8H2,1-5H3/b9-6+,10-7+. The van der Waals surface area contributed by atoms with Gasteiger partial charge in [-0.2, -0.15) is 0 Å². The summed E-state index contributed by atoms with van der Waals surface area (Å²) >= 11 is 0. The van der Waals surface area contributed by atoms with Gasteiger partial charge in [-0.15, -0.1) is 0 Å². The molecule has 0 bridgehead atoms. The topological polar surface area (TPSA) is 3.24 Å². The summed E-state index contributed by atoms with van der Waals surface area (Å²) in [4.78, 5) is 2.16. The molecule has 0 rings (SSSR count). The zero-order valence-electron chi connectivity index (χ0n) is 8.31. The SMILES string of the molecule is C/C=C(C)/C(C)=C/CN(C)C. The van der Waals surface area contributed by atoms with Gasteiger partial charge in [0.25, 0.3) is 0 Å². The van der Waals surface area contributed by atoms with Gasteiger partial charge in [0, 0.05) is 6.54 Å². The molecule has 0 aromatic rings. The quantitative estimate of drug-likeness (QED) is 0.563. The van der Waals surface area contributed by atoms with E-state index in [1.54, 1.807) is 0 Å². The predicted octanol–water partition coefficient (Wildman–Crippen LogP) is 2.46. The van der Waals surface area contributed by atoms with E-state index in [4.69, 9.17) is 0 Å². The third-order valence-electron chi connectivity index (χ3n) is 1.82. The number of allylic oxidation sites excluding steroid dienone is 3. The summed E-state index contributed by atoms with van der Waals surface area (Å²) in [5.74, 6) is 0. The molecule has 0 saturated carbocycles. The van der Waals surface area contributed by atoms with Crippen LogP contribution in [0.2, 0.25) is 0 Å². The van der Waals surface area contributed by atoms with Gasteiger partial charge in [0.2, 0.25) is 0 Å². The monoisotopic (exact) mass is 153 g/mol. The first kappa shape index (κ1) is 10.4. The molecule has 0 fully saturated rings. The van der Waals surface area contributed by atoms with E-state index in [0.717, 1.165) is 6.54 Å². The molecule has 0 heterocycles. The first-order valence-electron chi connectivity index (χ1n) is 4.02. The second kappa shape index (κ2) is 5.14. The molecule has 0 aliphatic rings. The summed E-state index contributed by atoms with van der Waals surface area (Å²) < 4.78 is 0. The Morgan fingerprint density at radius 1 is 1.18 bits per heavy atom. The third kappa shape index (κ3) is 4.79. The molecular weight excluding hydrogens is 134 g/mol. The zero-order valence-corrected chi connectivity index (χ0v) is 8.31. The average molecular weight is 153 g/mol. The van der Waals surface area contributed by atoms with Crippen molar-refractivity contribution in [2.45, 2.75) is 20.8 Å². The van der Waals surface area contributed by atoms with Gasteiger partial charge >= 0.3 is 0 Å². The molecule has 0 amide bonds. The lowest BCUT2D eigenvalue weighted by molar-refractivity contribution is 0.455. The molecular formula is C10H19N. The van der Waals surface area contributed by atoms with Gasteiger partial charge in [-0.3, -0.25) is 0 Å². The van der Waals surface area contributed by atoms with Gasteiger partial charge in [-0.05, 0) is 34.9 Å². The molecule has 0 unspecified atom stereocenters. The minimum Gasteiger partial charge on any atom is -0.306 e. The van der Waals surface area contributed by atoms with Crippen LogP contribution in [0.4, 0.5) is 0 Å². The van der Waals surface area contributed by atoms with Crippen molar-refractivity contribution in [3.8, 4) is 0 Å². The van der Waals surface area contributed by atoms with E-state index in [0.29, 0.717) is 0 Å². The fourth-order valence-corrected chi connectivity index (χ4v) is 0.708. The molecule has 1 heteroatoms. The van der Waals surface area contributed by atoms with Gasteiger partial charge in [-0.25, -0.2) is 0 Å². The van der Waals surface area contributed by atoms with Crippen molar-refractivity contribution < 1.29 is 0 Å². The third-order valence-corrected chi connectivity index (χ3v) is 1.82. The largest absolute Gasteiger partial charge is 0.306 e. The number of hydrogen-bond acceptors (Lipinski definition) is 1. The van der Waals surface area contributed by atoms with Crippen LogP contribution in [0.5, 0.6) is 0 Å². The van der Waals surface area contributed by atoms with Crippen molar-refractivity contribution in [1.29, 1.82) is 0 Å². The van der Waals surface area contributed by atoms with Crippen LogP contribution in [-0.2, 0) is 0 Å². The van der Waals surface area contributed by atoms with E-state index in [1.807, 2.05) is 0 Å². The highest BCUT2D eigenvalue weighted by Crippen LogP contribution is 2.06. The van der Waals surface area contributed by atoms with Crippen LogP contribution in [0.3, 0.4) is 0 Å². The van der Waals surface area contributed by atoms with Crippen LogP contribution in [0.15, 0.2) is 23.3 Å². The van der Waals surface area contributed by atoms with Crippen LogP contribution in [0.1, 0.15) is 20.8 Å². The molecule has 0 aromatic carbocycles. The highest BCUT2D eigenvalue weighted by Gasteiger charge is 1.90. The van der Waals surface area contributed by atoms with E-state index in [-0.39, 0.29) is 0 Å². The Kier molecular flexibility index (Phi) is 4.88. The molecule has 0 N–H and O–H groups in total. The number of hydrogen-bond donors (Lipinski definition) is 0. The maximum absolute atomic E-state index is 2.25. The van der Waals surface area contributed by atoms with Gasteiger partial charge in [-0.1, -0.05) is 23.3 Å². The summed E-state index contributed by atoms with van der Waals surface area (Å²) in [6.45, 7) is 7.39. The lowest BCUT2D eigenvalue weighted by Gasteiger charge is -2.06. The summed E-state index contributed by atoms with van der Waals surface area (Å²) in [6.07, 6.45) is 4.39. The van der Waals surface area contributed by atoms with Crippen LogP contribution >= 0.6 is 0 Å². The molecule has 0 saturated heterocycles. The van der Waals surface area contributed by atoms with Gasteiger partial charge in [0.05, 0.1) is 0 Å². The number of rotatable bonds is 3. The van der Waals surface area contributed by atoms with Crippen LogP contribution < -0.4 is 0 Å². The minimum absolute atomic E-state index is 1.02. The molecule has 0 radical (unpaired) electrons. The molecule has 11 heavy (non-hydrogen) atoms. The second-order valence-corrected chi connectivity index (χ2v) is 3.12. The highest BCUT2D eigenvalue weighted by atomic mass is 15.0. The smallest absolute Gasteiger partial charge is 0.0162 e. The lowest BCUT2D eigenvalue weighted by atomic mass is 10.1. The van der Waals surface area contributed by atoms with Crippen molar-refractivity contribution in [3.63, 3.8) is 0 Å². The van der Waals surface area contributed by atoms with E-state index >= 15 is 0 Å². The highest BCUT2D eigenvalue weighted by molar-refractivity contribution is 5.26. The fraction of sp³-hybridized carbons (Fsp3) is 0.600. The van der Waals surface area contributed by atoms with E-state index in [1.165, 1.54) is 11.1 Å². The molecule has 64 valence electrons. The maximum atomic E-state index is 2.25. The van der Waals surface area contributed by atoms with E-state index in [2.05, 4.69) is 51.9 Å². The van der Waals surface area contributed by atoms with Crippen LogP contribution in [0.25, 0.3) is 0 Å². The first-order valence-corrected chi connectivity index (χ1v) is 4.02. The lowest BCUT2D eigenvalue weighted by Crippen LogP contribution is -2.11. The summed E-state index contributed by atoms with van der Waals surface area (Å²) in [5.41, 5.74) is 2.74. The number of nitrogens with zero attached hydrogens (tertiary/aromatic N) is 1. The minimum atomic E-state index is 1.02. The summed E-state index contributed by atoms with van der Waals surface area (Å²) in [7, 11) is 4.16. The Bertz CT molecular complexity index is 164. The van der Waals surface area contributed by atoms with Gasteiger partial charge < -0.3 is 4.90 Å².